The van der Waals surface area contributed by atoms with Crippen LogP contribution in [0.2, 0.25) is 0 Å². The molecule has 1 amide bonds. The monoisotopic (exact) mass is 237 g/mol. The summed E-state index contributed by atoms with van der Waals surface area (Å²) in [5, 5.41) is 12.9. The van der Waals surface area contributed by atoms with Crippen molar-refractivity contribution in [2.75, 3.05) is 6.54 Å². The Labute approximate surface area is 97.3 Å². The van der Waals surface area contributed by atoms with Gasteiger partial charge in [-0.25, -0.2) is 0 Å². The normalized spacial score (nSPS) is 9.06. The number of carboxylic acid groups (broad SMARTS) is 1. The summed E-state index contributed by atoms with van der Waals surface area (Å²) >= 11 is 1.37. The SMILES string of the molecule is CC(=O)NCC#Cc1csc(CC(=O)O)c1. The minimum Gasteiger partial charge on any atom is -0.481 e. The maximum atomic E-state index is 10.5. The number of hydrogen-bond acceptors (Lipinski definition) is 3. The van der Waals surface area contributed by atoms with Crippen LogP contribution in [0.3, 0.4) is 0 Å². The van der Waals surface area contributed by atoms with Crippen LogP contribution in [-0.2, 0) is 16.0 Å². The van der Waals surface area contributed by atoms with Gasteiger partial charge in [0.05, 0.1) is 13.0 Å². The standard InChI is InChI=1S/C11H11NO3S/c1-8(13)12-4-2-3-9-5-10(16-7-9)6-11(14)15/h5,7H,4,6H2,1H3,(H,12,13)(H,14,15). The van der Waals surface area contributed by atoms with Crippen molar-refractivity contribution in [2.24, 2.45) is 0 Å². The average molecular weight is 237 g/mol. The quantitative estimate of drug-likeness (QED) is 0.766. The molecule has 4 nitrogen and oxygen atoms in total. The summed E-state index contributed by atoms with van der Waals surface area (Å²) in [4.78, 5) is 21.7. The zero-order valence-electron chi connectivity index (χ0n) is 8.74. The molecule has 16 heavy (non-hydrogen) atoms. The van der Waals surface area contributed by atoms with Crippen molar-refractivity contribution in [1.82, 2.24) is 5.32 Å². The van der Waals surface area contributed by atoms with Crippen molar-refractivity contribution >= 4 is 23.2 Å². The number of amides is 1. The van der Waals surface area contributed by atoms with Gasteiger partial charge in [-0.05, 0) is 6.07 Å². The number of nitrogens with one attached hydrogen (secondary N) is 1. The van der Waals surface area contributed by atoms with Gasteiger partial charge in [0.1, 0.15) is 0 Å². The minimum absolute atomic E-state index is 0.0258. The van der Waals surface area contributed by atoms with E-state index in [0.29, 0.717) is 6.54 Å². The van der Waals surface area contributed by atoms with E-state index in [-0.39, 0.29) is 12.3 Å². The van der Waals surface area contributed by atoms with E-state index in [2.05, 4.69) is 17.2 Å². The van der Waals surface area contributed by atoms with E-state index in [9.17, 15) is 9.59 Å². The second-order valence-electron chi connectivity index (χ2n) is 3.08. The number of carbonyl (C=O) groups is 2. The predicted octanol–water partition coefficient (Wildman–Crippen LogP) is 0.863. The fourth-order valence-corrected chi connectivity index (χ4v) is 1.81. The molecule has 0 spiro atoms. The molecule has 0 bridgehead atoms. The van der Waals surface area contributed by atoms with Crippen LogP contribution in [0.15, 0.2) is 11.4 Å². The first-order valence-corrected chi connectivity index (χ1v) is 5.48. The maximum absolute atomic E-state index is 10.5. The van der Waals surface area contributed by atoms with Gasteiger partial charge in [-0.15, -0.1) is 11.3 Å². The first kappa shape index (κ1) is 12.3. The van der Waals surface area contributed by atoms with Crippen LogP contribution in [-0.4, -0.2) is 23.5 Å². The molecule has 5 heteroatoms. The molecule has 0 fully saturated rings. The first-order valence-electron chi connectivity index (χ1n) is 4.60. The third-order valence-corrected chi connectivity index (χ3v) is 2.57. The Balaban J connectivity index is 2.51. The molecular weight excluding hydrogens is 226 g/mol. The second kappa shape index (κ2) is 5.93. The lowest BCUT2D eigenvalue weighted by molar-refractivity contribution is -0.136. The summed E-state index contributed by atoms with van der Waals surface area (Å²) in [6, 6.07) is 1.75. The van der Waals surface area contributed by atoms with Crippen molar-refractivity contribution in [3.8, 4) is 11.8 Å². The van der Waals surface area contributed by atoms with Crippen LogP contribution < -0.4 is 5.32 Å². The van der Waals surface area contributed by atoms with Crippen LogP contribution in [0, 0.1) is 11.8 Å². The summed E-state index contributed by atoms with van der Waals surface area (Å²) in [7, 11) is 0. The van der Waals surface area contributed by atoms with Crippen LogP contribution >= 0.6 is 11.3 Å². The molecule has 84 valence electrons. The topological polar surface area (TPSA) is 66.4 Å². The van der Waals surface area contributed by atoms with Gasteiger partial charge < -0.3 is 10.4 Å². The molecule has 0 saturated heterocycles. The lowest BCUT2D eigenvalue weighted by Crippen LogP contribution is -2.19. The number of carbonyl (C=O) groups excluding carboxylic acids is 1. The maximum Gasteiger partial charge on any atom is 0.308 e. The molecule has 1 rings (SSSR count). The largest absolute Gasteiger partial charge is 0.481 e. The Bertz CT molecular complexity index is 453. The Morgan fingerprint density at radius 1 is 1.56 bits per heavy atom. The van der Waals surface area contributed by atoms with E-state index in [0.717, 1.165) is 10.4 Å². The van der Waals surface area contributed by atoms with Gasteiger partial charge >= 0.3 is 5.97 Å². The van der Waals surface area contributed by atoms with Crippen molar-refractivity contribution in [2.45, 2.75) is 13.3 Å². The Morgan fingerprint density at radius 3 is 2.94 bits per heavy atom. The van der Waals surface area contributed by atoms with E-state index in [1.807, 2.05) is 0 Å². The van der Waals surface area contributed by atoms with Crippen molar-refractivity contribution in [1.29, 1.82) is 0 Å². The van der Waals surface area contributed by atoms with Crippen molar-refractivity contribution < 1.29 is 14.7 Å². The molecule has 2 N–H and O–H groups in total. The lowest BCUT2D eigenvalue weighted by atomic mass is 10.3. The minimum atomic E-state index is -0.848. The number of carboxylic acids is 1. The second-order valence-corrected chi connectivity index (χ2v) is 4.08. The van der Waals surface area contributed by atoms with Crippen LogP contribution in [0.25, 0.3) is 0 Å². The van der Waals surface area contributed by atoms with Crippen LogP contribution in [0.4, 0.5) is 0 Å². The van der Waals surface area contributed by atoms with E-state index in [4.69, 9.17) is 5.11 Å². The number of hydrogen-bond donors (Lipinski definition) is 2. The molecule has 0 aliphatic rings. The lowest BCUT2D eigenvalue weighted by Gasteiger charge is -1.90. The van der Waals surface area contributed by atoms with E-state index < -0.39 is 5.97 Å². The number of thiophene rings is 1. The van der Waals surface area contributed by atoms with Gasteiger partial charge in [-0.2, -0.15) is 0 Å². The number of aliphatic carboxylic acids is 1. The summed E-state index contributed by atoms with van der Waals surface area (Å²) in [6.07, 6.45) is 0.0258. The average Bonchev–Trinajstić information content (AvgIpc) is 2.59. The van der Waals surface area contributed by atoms with E-state index in [1.165, 1.54) is 18.3 Å². The smallest absolute Gasteiger partial charge is 0.308 e. The molecule has 1 heterocycles. The Morgan fingerprint density at radius 2 is 2.31 bits per heavy atom. The predicted molar refractivity (Wildman–Crippen MR) is 61.2 cm³/mol. The summed E-state index contributed by atoms with van der Waals surface area (Å²) in [5.74, 6) is 4.66. The highest BCUT2D eigenvalue weighted by Gasteiger charge is 2.02. The van der Waals surface area contributed by atoms with Gasteiger partial charge in [-0.3, -0.25) is 9.59 Å². The van der Waals surface area contributed by atoms with Crippen LogP contribution in [0.1, 0.15) is 17.4 Å². The van der Waals surface area contributed by atoms with Gasteiger partial charge in [0.2, 0.25) is 5.91 Å². The Hall–Kier alpha value is -1.80. The van der Waals surface area contributed by atoms with Gasteiger partial charge in [0, 0.05) is 22.7 Å². The molecule has 0 atom stereocenters. The number of rotatable bonds is 3. The van der Waals surface area contributed by atoms with Gasteiger partial charge in [-0.1, -0.05) is 11.8 Å². The molecule has 0 saturated carbocycles. The fourth-order valence-electron chi connectivity index (χ4n) is 1.00. The zero-order chi connectivity index (χ0) is 12.0. The molecule has 1 aromatic rings. The highest BCUT2D eigenvalue weighted by atomic mass is 32.1. The van der Waals surface area contributed by atoms with Crippen LogP contribution in [0.5, 0.6) is 0 Å². The molecule has 1 aromatic heterocycles. The summed E-state index contributed by atoms with van der Waals surface area (Å²) < 4.78 is 0. The van der Waals surface area contributed by atoms with Gasteiger partial charge in [0.25, 0.3) is 0 Å². The molecule has 0 radical (unpaired) electrons. The summed E-state index contributed by atoms with van der Waals surface area (Å²) in [6.45, 7) is 1.73. The highest BCUT2D eigenvalue weighted by Crippen LogP contribution is 2.14. The third-order valence-electron chi connectivity index (χ3n) is 1.64. The first-order chi connectivity index (χ1) is 7.58. The highest BCUT2D eigenvalue weighted by molar-refractivity contribution is 7.10. The fraction of sp³-hybridized carbons (Fsp3) is 0.273. The van der Waals surface area contributed by atoms with Gasteiger partial charge in [0.15, 0.2) is 0 Å². The Kier molecular flexibility index (Phi) is 4.55. The van der Waals surface area contributed by atoms with E-state index >= 15 is 0 Å². The summed E-state index contributed by atoms with van der Waals surface area (Å²) in [5.41, 5.74) is 0.784. The molecule has 0 unspecified atom stereocenters. The molecule has 0 aliphatic heterocycles. The molecular formula is C11H11NO3S. The molecule has 0 aromatic carbocycles. The van der Waals surface area contributed by atoms with Crippen molar-refractivity contribution in [3.05, 3.63) is 21.9 Å². The zero-order valence-corrected chi connectivity index (χ0v) is 9.56. The molecule has 0 aliphatic carbocycles. The van der Waals surface area contributed by atoms with Crippen molar-refractivity contribution in [3.63, 3.8) is 0 Å². The van der Waals surface area contributed by atoms with E-state index in [1.54, 1.807) is 11.4 Å². The third kappa shape index (κ3) is 4.62.